The molecule has 1 N–H and O–H groups in total. The van der Waals surface area contributed by atoms with E-state index in [2.05, 4.69) is 4.98 Å². The first-order chi connectivity index (χ1) is 19.4. The maximum absolute atomic E-state index is 13.6. The number of aromatic nitrogens is 1. The molecule has 0 bridgehead atoms. The molecule has 12 heteroatoms. The Morgan fingerprint density at radius 1 is 0.854 bits per heavy atom. The minimum absolute atomic E-state index is 0.0182. The summed E-state index contributed by atoms with van der Waals surface area (Å²) in [7, 11) is 0. The molecular weight excluding hydrogens is 550 g/mol. The van der Waals surface area contributed by atoms with E-state index in [-0.39, 0.29) is 38.2 Å². The fourth-order valence-electron chi connectivity index (χ4n) is 5.74. The van der Waals surface area contributed by atoms with E-state index >= 15 is 0 Å². The molecule has 0 unspecified atom stereocenters. The van der Waals surface area contributed by atoms with Gasteiger partial charge < -0.3 is 14.8 Å². The number of fused-ring (bicyclic) bond motifs is 1. The van der Waals surface area contributed by atoms with E-state index in [0.717, 1.165) is 35.7 Å². The number of benzene rings is 2. The van der Waals surface area contributed by atoms with Crippen LogP contribution in [0.4, 0.5) is 26.3 Å². The number of aromatic amines is 1. The number of hydrogen-bond donors (Lipinski definition) is 1. The molecule has 2 aliphatic rings. The number of nitrogens with zero attached hydrogens (tertiary/aromatic N) is 3. The number of para-hydroxylation sites is 1. The number of carbonyl (C=O) groups excluding carboxylic acids is 2. The van der Waals surface area contributed by atoms with E-state index in [1.807, 2.05) is 34.1 Å². The number of amides is 2. The number of rotatable bonds is 5. The highest BCUT2D eigenvalue weighted by Crippen LogP contribution is 2.37. The molecule has 0 aliphatic carbocycles. The van der Waals surface area contributed by atoms with Crippen LogP contribution in [0.25, 0.3) is 10.9 Å². The van der Waals surface area contributed by atoms with Crippen LogP contribution >= 0.6 is 0 Å². The number of alkyl halides is 6. The Balaban J connectivity index is 1.44. The number of likely N-dealkylation sites (tertiary alicyclic amines) is 1. The lowest BCUT2D eigenvalue weighted by atomic mass is 9.98. The van der Waals surface area contributed by atoms with Gasteiger partial charge in [-0.2, -0.15) is 26.3 Å². The predicted molar refractivity (Wildman–Crippen MR) is 140 cm³/mol. The number of piperazine rings is 1. The highest BCUT2D eigenvalue weighted by Gasteiger charge is 2.39. The molecule has 1 aromatic heterocycles. The second kappa shape index (κ2) is 11.4. The van der Waals surface area contributed by atoms with E-state index in [1.165, 1.54) is 4.90 Å². The standard InChI is InChI=1S/C29H30F6N4O2/c30-28(31,32)21-12-19(13-22(15-21)29(33,34)35)27(41)39-11-10-37(18-26(40)38-8-4-1-5-9-38)17-23(39)14-20-16-36-25-7-3-2-6-24(20)25/h2-3,6-7,12-13,15-16,23,36H,1,4-5,8-11,14,17-18H2/t23-/m1/s1. The maximum atomic E-state index is 13.6. The molecule has 2 amide bonds. The molecule has 0 radical (unpaired) electrons. The van der Waals surface area contributed by atoms with Crippen molar-refractivity contribution in [1.82, 2.24) is 19.7 Å². The van der Waals surface area contributed by atoms with Crippen LogP contribution in [0.1, 0.15) is 46.3 Å². The molecule has 0 spiro atoms. The lowest BCUT2D eigenvalue weighted by Crippen LogP contribution is -2.57. The van der Waals surface area contributed by atoms with Gasteiger partial charge in [0.05, 0.1) is 17.7 Å². The number of hydrogen-bond acceptors (Lipinski definition) is 3. The third kappa shape index (κ3) is 6.52. The fraction of sp³-hybridized carbons (Fsp3) is 0.448. The summed E-state index contributed by atoms with van der Waals surface area (Å²) in [4.78, 5) is 34.8. The molecule has 0 saturated carbocycles. The molecule has 3 aromatic rings. The van der Waals surface area contributed by atoms with Crippen LogP contribution < -0.4 is 0 Å². The first kappa shape index (κ1) is 29.0. The summed E-state index contributed by atoms with van der Waals surface area (Å²) >= 11 is 0. The summed E-state index contributed by atoms with van der Waals surface area (Å²) in [6.07, 6.45) is -5.09. The van der Waals surface area contributed by atoms with Gasteiger partial charge in [-0.25, -0.2) is 0 Å². The number of H-pyrrole nitrogens is 1. The van der Waals surface area contributed by atoms with Gasteiger partial charge >= 0.3 is 12.4 Å². The largest absolute Gasteiger partial charge is 0.416 e. The second-order valence-electron chi connectivity index (χ2n) is 10.7. The van der Waals surface area contributed by atoms with E-state index < -0.39 is 41.0 Å². The molecule has 2 saturated heterocycles. The van der Waals surface area contributed by atoms with Gasteiger partial charge in [0.25, 0.3) is 5.91 Å². The Morgan fingerprint density at radius 2 is 1.51 bits per heavy atom. The molecule has 41 heavy (non-hydrogen) atoms. The average Bonchev–Trinajstić information content (AvgIpc) is 3.35. The molecule has 220 valence electrons. The van der Waals surface area contributed by atoms with Gasteiger partial charge in [-0.3, -0.25) is 14.5 Å². The van der Waals surface area contributed by atoms with Gasteiger partial charge in [0.15, 0.2) is 0 Å². The Labute approximate surface area is 232 Å². The highest BCUT2D eigenvalue weighted by atomic mass is 19.4. The van der Waals surface area contributed by atoms with Crippen molar-refractivity contribution in [3.8, 4) is 0 Å². The van der Waals surface area contributed by atoms with Gasteiger partial charge in [0.2, 0.25) is 5.91 Å². The van der Waals surface area contributed by atoms with Crippen molar-refractivity contribution in [1.29, 1.82) is 0 Å². The van der Waals surface area contributed by atoms with E-state index in [9.17, 15) is 35.9 Å². The van der Waals surface area contributed by atoms with Crippen molar-refractivity contribution in [2.75, 3.05) is 39.3 Å². The molecular formula is C29H30F6N4O2. The SMILES string of the molecule is O=C(CN1CCN(C(=O)c2cc(C(F)(F)F)cc(C(F)(F)F)c2)[C@H](Cc2c[nH]c3ccccc23)C1)N1CCCCC1. The van der Waals surface area contributed by atoms with Gasteiger partial charge in [0, 0.05) is 61.4 Å². The third-order valence-electron chi connectivity index (χ3n) is 7.86. The van der Waals surface area contributed by atoms with Gasteiger partial charge in [0.1, 0.15) is 0 Å². The summed E-state index contributed by atoms with van der Waals surface area (Å²) in [6, 6.07) is 7.88. The Bertz CT molecular complexity index is 1380. The molecule has 1 atom stereocenters. The molecule has 2 fully saturated rings. The molecule has 6 nitrogen and oxygen atoms in total. The van der Waals surface area contributed by atoms with Crippen LogP contribution in [0.3, 0.4) is 0 Å². The van der Waals surface area contributed by atoms with Crippen LogP contribution in [-0.4, -0.2) is 76.8 Å². The minimum atomic E-state index is -5.06. The lowest BCUT2D eigenvalue weighted by molar-refractivity contribution is -0.143. The average molecular weight is 581 g/mol. The topological polar surface area (TPSA) is 59.7 Å². The van der Waals surface area contributed by atoms with Crippen molar-refractivity contribution in [3.05, 3.63) is 70.9 Å². The van der Waals surface area contributed by atoms with Crippen molar-refractivity contribution >= 4 is 22.7 Å². The summed E-state index contributed by atoms with van der Waals surface area (Å²) in [5.74, 6) is -0.934. The number of piperidine rings is 1. The normalized spacial score (nSPS) is 19.1. The van der Waals surface area contributed by atoms with E-state index in [0.29, 0.717) is 31.6 Å². The van der Waals surface area contributed by atoms with Gasteiger partial charge in [-0.15, -0.1) is 0 Å². The number of halogens is 6. The molecule has 2 aliphatic heterocycles. The van der Waals surface area contributed by atoms with Gasteiger partial charge in [-0.05, 0) is 55.5 Å². The maximum Gasteiger partial charge on any atom is 0.416 e. The smallest absolute Gasteiger partial charge is 0.361 e. The number of carbonyl (C=O) groups is 2. The zero-order valence-corrected chi connectivity index (χ0v) is 22.2. The molecule has 3 heterocycles. The first-order valence-corrected chi connectivity index (χ1v) is 13.6. The summed E-state index contributed by atoms with van der Waals surface area (Å²) < 4.78 is 81.0. The fourth-order valence-corrected chi connectivity index (χ4v) is 5.74. The van der Waals surface area contributed by atoms with Crippen molar-refractivity contribution in [3.63, 3.8) is 0 Å². The Morgan fingerprint density at radius 3 is 2.17 bits per heavy atom. The minimum Gasteiger partial charge on any atom is -0.361 e. The predicted octanol–water partition coefficient (Wildman–Crippen LogP) is 5.59. The quantitative estimate of drug-likeness (QED) is 0.401. The zero-order chi connectivity index (χ0) is 29.4. The van der Waals surface area contributed by atoms with E-state index in [4.69, 9.17) is 0 Å². The van der Waals surface area contributed by atoms with Gasteiger partial charge in [-0.1, -0.05) is 18.2 Å². The monoisotopic (exact) mass is 580 g/mol. The van der Waals surface area contributed by atoms with Crippen molar-refractivity contribution in [2.24, 2.45) is 0 Å². The van der Waals surface area contributed by atoms with E-state index in [1.54, 1.807) is 6.20 Å². The summed E-state index contributed by atoms with van der Waals surface area (Å²) in [5, 5.41) is 0.903. The van der Waals surface area contributed by atoms with Crippen LogP contribution in [0.15, 0.2) is 48.7 Å². The van der Waals surface area contributed by atoms with Crippen LogP contribution in [0, 0.1) is 0 Å². The summed E-state index contributed by atoms with van der Waals surface area (Å²) in [6.45, 7) is 2.07. The van der Waals surface area contributed by atoms with Crippen LogP contribution in [-0.2, 0) is 23.6 Å². The lowest BCUT2D eigenvalue weighted by Gasteiger charge is -2.42. The highest BCUT2D eigenvalue weighted by molar-refractivity contribution is 5.95. The van der Waals surface area contributed by atoms with Crippen molar-refractivity contribution < 1.29 is 35.9 Å². The molecule has 5 rings (SSSR count). The summed E-state index contributed by atoms with van der Waals surface area (Å²) in [5.41, 5.74) is -2.02. The van der Waals surface area contributed by atoms with Crippen LogP contribution in [0.2, 0.25) is 0 Å². The zero-order valence-electron chi connectivity index (χ0n) is 22.2. The third-order valence-corrected chi connectivity index (χ3v) is 7.86. The first-order valence-electron chi connectivity index (χ1n) is 13.6. The number of nitrogens with one attached hydrogen (secondary N) is 1. The molecule has 2 aromatic carbocycles. The van der Waals surface area contributed by atoms with Crippen molar-refractivity contribution in [2.45, 2.75) is 44.1 Å². The second-order valence-corrected chi connectivity index (χ2v) is 10.7. The Kier molecular flexibility index (Phi) is 8.04. The van der Waals surface area contributed by atoms with Crippen LogP contribution in [0.5, 0.6) is 0 Å². The Hall–Kier alpha value is -3.54.